The Morgan fingerprint density at radius 3 is 2.62 bits per heavy atom. The molecule has 2 bridgehead atoms. The highest BCUT2D eigenvalue weighted by Crippen LogP contribution is 2.39. The van der Waals surface area contributed by atoms with Gasteiger partial charge in [-0.05, 0) is 56.1 Å². The molecule has 0 spiro atoms. The first-order valence-electron chi connectivity index (χ1n) is 11.0. The first-order chi connectivity index (χ1) is 13.9. The Balaban J connectivity index is 1.60. The van der Waals surface area contributed by atoms with Crippen molar-refractivity contribution in [2.75, 3.05) is 26.0 Å². The second-order valence-corrected chi connectivity index (χ2v) is 10.6. The van der Waals surface area contributed by atoms with Gasteiger partial charge in [-0.1, -0.05) is 25.1 Å². The second kappa shape index (κ2) is 8.92. The molecule has 7 heteroatoms. The number of rotatable bonds is 3. The van der Waals surface area contributed by atoms with Gasteiger partial charge >= 0.3 is 0 Å². The Hall–Kier alpha value is -1.15. The Kier molecular flexibility index (Phi) is 6.49. The van der Waals surface area contributed by atoms with Crippen molar-refractivity contribution in [2.45, 2.75) is 75.7 Å². The van der Waals surface area contributed by atoms with E-state index in [1.807, 2.05) is 0 Å². The van der Waals surface area contributed by atoms with Crippen LogP contribution in [0, 0.1) is 0 Å². The van der Waals surface area contributed by atoms with Crippen LogP contribution in [0.5, 0.6) is 5.75 Å². The summed E-state index contributed by atoms with van der Waals surface area (Å²) in [6.07, 6.45) is 7.63. The number of sulfonamides is 1. The van der Waals surface area contributed by atoms with Crippen molar-refractivity contribution in [2.24, 2.45) is 0 Å². The number of para-hydroxylation sites is 1. The quantitative estimate of drug-likeness (QED) is 0.811. The van der Waals surface area contributed by atoms with E-state index >= 15 is 0 Å². The molecule has 2 fully saturated rings. The van der Waals surface area contributed by atoms with Crippen LogP contribution < -0.4 is 9.46 Å². The molecule has 4 aliphatic rings. The van der Waals surface area contributed by atoms with Gasteiger partial charge < -0.3 is 9.47 Å². The van der Waals surface area contributed by atoms with Crippen molar-refractivity contribution in [3.63, 3.8) is 0 Å². The number of nitrogens with one attached hydrogen (secondary N) is 1. The summed E-state index contributed by atoms with van der Waals surface area (Å²) in [4.78, 5) is 2.37. The van der Waals surface area contributed by atoms with E-state index in [2.05, 4.69) is 40.8 Å². The summed E-state index contributed by atoms with van der Waals surface area (Å²) in [5.41, 5.74) is 1.33. The zero-order chi connectivity index (χ0) is 20.4. The van der Waals surface area contributed by atoms with Crippen molar-refractivity contribution < 1.29 is 17.9 Å². The molecule has 1 unspecified atom stereocenters. The lowest BCUT2D eigenvalue weighted by Gasteiger charge is -2.32. The Morgan fingerprint density at radius 2 is 1.90 bits per heavy atom. The average Bonchev–Trinajstić information content (AvgIpc) is 3.06. The highest BCUT2D eigenvalue weighted by molar-refractivity contribution is 7.88. The molecular formula is C22H34N2O4S. The minimum atomic E-state index is -3.25. The Bertz CT molecular complexity index is 792. The van der Waals surface area contributed by atoms with Crippen molar-refractivity contribution in [3.05, 3.63) is 29.8 Å². The molecule has 5 rings (SSSR count). The first kappa shape index (κ1) is 21.1. The highest BCUT2D eigenvalue weighted by atomic mass is 32.2. The maximum atomic E-state index is 11.9. The fraction of sp³-hybridized carbons (Fsp3) is 0.727. The largest absolute Gasteiger partial charge is 0.489 e. The van der Waals surface area contributed by atoms with Gasteiger partial charge in [-0.15, -0.1) is 0 Å². The third-order valence-electron chi connectivity index (χ3n) is 6.75. The number of benzene rings is 1. The molecule has 0 radical (unpaired) electrons. The van der Waals surface area contributed by atoms with Crippen LogP contribution in [0.25, 0.3) is 0 Å². The molecule has 1 saturated carbocycles. The number of fused-ring (bicyclic) bond motifs is 5. The van der Waals surface area contributed by atoms with Crippen LogP contribution in [-0.4, -0.2) is 63.6 Å². The van der Waals surface area contributed by atoms with Crippen molar-refractivity contribution >= 4 is 10.0 Å². The summed E-state index contributed by atoms with van der Waals surface area (Å²) < 4.78 is 39.5. The molecule has 1 aromatic rings. The summed E-state index contributed by atoms with van der Waals surface area (Å²) >= 11 is 0. The van der Waals surface area contributed by atoms with E-state index in [0.29, 0.717) is 12.5 Å². The van der Waals surface area contributed by atoms with Gasteiger partial charge in [0.2, 0.25) is 10.0 Å². The molecule has 29 heavy (non-hydrogen) atoms. The van der Waals surface area contributed by atoms with Gasteiger partial charge in [0.1, 0.15) is 11.9 Å². The molecule has 0 aromatic heterocycles. The topological polar surface area (TPSA) is 67.9 Å². The lowest BCUT2D eigenvalue weighted by molar-refractivity contribution is -0.00971. The maximum absolute atomic E-state index is 11.9. The Morgan fingerprint density at radius 1 is 1.14 bits per heavy atom. The fourth-order valence-corrected chi connectivity index (χ4v) is 5.99. The van der Waals surface area contributed by atoms with Gasteiger partial charge in [-0.2, -0.15) is 0 Å². The SMILES string of the molecule is CC[C@H]1CN2CC[C@H](NS(C)(=O)=O)C2COC2CCC(CC2)c2ccccc2O1. The molecule has 3 atom stereocenters. The van der Waals surface area contributed by atoms with Crippen LogP contribution in [-0.2, 0) is 14.8 Å². The van der Waals surface area contributed by atoms with Crippen LogP contribution in [0.1, 0.15) is 56.9 Å². The average molecular weight is 423 g/mol. The molecular weight excluding hydrogens is 388 g/mol. The van der Waals surface area contributed by atoms with Gasteiger partial charge in [0.05, 0.1) is 19.0 Å². The Labute approximate surface area is 175 Å². The lowest BCUT2D eigenvalue weighted by atomic mass is 9.82. The number of hydrogen-bond acceptors (Lipinski definition) is 5. The van der Waals surface area contributed by atoms with Gasteiger partial charge in [-0.25, -0.2) is 13.1 Å². The second-order valence-electron chi connectivity index (χ2n) is 8.84. The molecule has 1 aromatic carbocycles. The van der Waals surface area contributed by atoms with Crippen LogP contribution >= 0.6 is 0 Å². The van der Waals surface area contributed by atoms with E-state index in [0.717, 1.165) is 57.4 Å². The zero-order valence-corrected chi connectivity index (χ0v) is 18.4. The number of hydrogen-bond donors (Lipinski definition) is 1. The summed E-state index contributed by atoms with van der Waals surface area (Å²) in [6.45, 7) is 4.38. The highest BCUT2D eigenvalue weighted by Gasteiger charge is 2.38. The molecule has 1 saturated heterocycles. The van der Waals surface area contributed by atoms with Gasteiger partial charge in [0.25, 0.3) is 0 Å². The molecule has 3 heterocycles. The van der Waals surface area contributed by atoms with Gasteiger partial charge in [0, 0.05) is 25.2 Å². The zero-order valence-electron chi connectivity index (χ0n) is 17.5. The molecule has 162 valence electrons. The molecule has 1 aliphatic carbocycles. The first-order valence-corrected chi connectivity index (χ1v) is 12.9. The fourth-order valence-electron chi connectivity index (χ4n) is 5.17. The van der Waals surface area contributed by atoms with Gasteiger partial charge in [-0.3, -0.25) is 4.90 Å². The minimum Gasteiger partial charge on any atom is -0.489 e. The summed E-state index contributed by atoms with van der Waals surface area (Å²) in [5, 5.41) is 0. The molecule has 6 nitrogen and oxygen atoms in total. The van der Waals surface area contributed by atoms with Crippen molar-refractivity contribution in [3.8, 4) is 5.75 Å². The minimum absolute atomic E-state index is 0.0519. The smallest absolute Gasteiger partial charge is 0.209 e. The summed E-state index contributed by atoms with van der Waals surface area (Å²) in [7, 11) is -3.25. The molecule has 0 amide bonds. The van der Waals surface area contributed by atoms with Crippen LogP contribution in [0.15, 0.2) is 24.3 Å². The van der Waals surface area contributed by atoms with Crippen molar-refractivity contribution in [1.82, 2.24) is 9.62 Å². The third-order valence-corrected chi connectivity index (χ3v) is 7.48. The van der Waals surface area contributed by atoms with Crippen molar-refractivity contribution in [1.29, 1.82) is 0 Å². The number of nitrogens with zero attached hydrogens (tertiary/aromatic N) is 1. The summed E-state index contributed by atoms with van der Waals surface area (Å²) in [5.74, 6) is 1.55. The predicted molar refractivity (Wildman–Crippen MR) is 114 cm³/mol. The van der Waals surface area contributed by atoms with Crippen LogP contribution in [0.2, 0.25) is 0 Å². The normalized spacial score (nSPS) is 33.7. The third kappa shape index (κ3) is 5.13. The predicted octanol–water partition coefficient (Wildman–Crippen LogP) is 2.89. The molecule has 3 aliphatic heterocycles. The van der Waals surface area contributed by atoms with E-state index in [9.17, 15) is 8.42 Å². The van der Waals surface area contributed by atoms with E-state index in [4.69, 9.17) is 9.47 Å². The van der Waals surface area contributed by atoms with E-state index in [1.165, 1.54) is 11.8 Å². The maximum Gasteiger partial charge on any atom is 0.209 e. The van der Waals surface area contributed by atoms with Crippen LogP contribution in [0.3, 0.4) is 0 Å². The van der Waals surface area contributed by atoms with E-state index < -0.39 is 10.0 Å². The van der Waals surface area contributed by atoms with Crippen LogP contribution in [0.4, 0.5) is 0 Å². The lowest BCUT2D eigenvalue weighted by Crippen LogP contribution is -2.49. The standard InChI is InChI=1S/C22H34N2O4S/c1-3-17-14-24-13-12-20(23-29(2,25)26)21(24)15-27-18-10-8-16(9-11-18)19-6-4-5-7-22(19)28-17/h4-7,16-18,20-21,23H,3,8-15H2,1-2H3/t16?,17-,18?,20-,21?/m0/s1. The van der Waals surface area contributed by atoms with E-state index in [-0.39, 0.29) is 24.3 Å². The number of ether oxygens (including phenoxy) is 2. The van der Waals surface area contributed by atoms with Gasteiger partial charge in [0.15, 0.2) is 0 Å². The summed E-state index contributed by atoms with van der Waals surface area (Å²) in [6, 6.07) is 8.45. The molecule has 1 N–H and O–H groups in total. The van der Waals surface area contributed by atoms with E-state index in [1.54, 1.807) is 0 Å². The monoisotopic (exact) mass is 422 g/mol.